The second kappa shape index (κ2) is 10.3. The SMILES string of the molecule is CCN=C(Br)C(=CN)CC(C=C(N)C#N)=Nc1ccc(F)cc1C(C)=O. The van der Waals surface area contributed by atoms with Crippen LogP contribution in [0.5, 0.6) is 0 Å². The van der Waals surface area contributed by atoms with Gasteiger partial charge in [0, 0.05) is 36.0 Å². The normalized spacial score (nSPS) is 13.5. The van der Waals surface area contributed by atoms with Crippen molar-refractivity contribution < 1.29 is 9.18 Å². The number of ketones is 1. The van der Waals surface area contributed by atoms with Gasteiger partial charge < -0.3 is 11.5 Å². The summed E-state index contributed by atoms with van der Waals surface area (Å²) in [4.78, 5) is 20.4. The van der Waals surface area contributed by atoms with Gasteiger partial charge in [0.25, 0.3) is 0 Å². The molecule has 0 saturated heterocycles. The molecule has 1 aromatic carbocycles. The predicted octanol–water partition coefficient (Wildman–Crippen LogP) is 3.51. The molecular formula is C18H19BrFN5O. The highest BCUT2D eigenvalue weighted by atomic mass is 79.9. The maximum Gasteiger partial charge on any atom is 0.162 e. The Balaban J connectivity index is 3.45. The molecule has 0 radical (unpaired) electrons. The summed E-state index contributed by atoms with van der Waals surface area (Å²) in [7, 11) is 0. The van der Waals surface area contributed by atoms with E-state index in [1.807, 2.05) is 13.0 Å². The number of allylic oxidation sites excluding steroid dienone is 3. The Morgan fingerprint density at radius 2 is 2.15 bits per heavy atom. The van der Waals surface area contributed by atoms with Crippen molar-refractivity contribution in [3.63, 3.8) is 0 Å². The van der Waals surface area contributed by atoms with Gasteiger partial charge >= 0.3 is 0 Å². The van der Waals surface area contributed by atoms with Gasteiger partial charge in [-0.1, -0.05) is 0 Å². The van der Waals surface area contributed by atoms with E-state index in [9.17, 15) is 9.18 Å². The minimum Gasteiger partial charge on any atom is -0.404 e. The number of carbonyl (C=O) groups is 1. The Kier molecular flexibility index (Phi) is 8.38. The molecule has 0 spiro atoms. The maximum absolute atomic E-state index is 13.4. The molecule has 0 unspecified atom stereocenters. The number of nitriles is 1. The Morgan fingerprint density at radius 1 is 1.46 bits per heavy atom. The third kappa shape index (κ3) is 6.26. The van der Waals surface area contributed by atoms with Gasteiger partial charge in [0.15, 0.2) is 5.78 Å². The van der Waals surface area contributed by atoms with E-state index < -0.39 is 5.82 Å². The largest absolute Gasteiger partial charge is 0.404 e. The number of nitrogens with zero attached hydrogens (tertiary/aromatic N) is 3. The van der Waals surface area contributed by atoms with E-state index >= 15 is 0 Å². The highest BCUT2D eigenvalue weighted by Gasteiger charge is 2.12. The molecular weight excluding hydrogens is 401 g/mol. The highest BCUT2D eigenvalue weighted by molar-refractivity contribution is 9.18. The van der Waals surface area contributed by atoms with Gasteiger partial charge in [0.05, 0.1) is 5.69 Å². The molecule has 6 nitrogen and oxygen atoms in total. The quantitative estimate of drug-likeness (QED) is 0.399. The molecule has 0 aromatic heterocycles. The molecule has 0 heterocycles. The summed E-state index contributed by atoms with van der Waals surface area (Å²) in [5.74, 6) is -0.869. The summed E-state index contributed by atoms with van der Waals surface area (Å²) >= 11 is 3.34. The van der Waals surface area contributed by atoms with Crippen LogP contribution in [0.1, 0.15) is 30.6 Å². The van der Waals surface area contributed by atoms with Crippen molar-refractivity contribution in [3.8, 4) is 6.07 Å². The summed E-state index contributed by atoms with van der Waals surface area (Å²) < 4.78 is 14.0. The minimum atomic E-state index is -0.539. The molecule has 26 heavy (non-hydrogen) atoms. The number of halogens is 2. The molecule has 136 valence electrons. The fourth-order valence-electron chi connectivity index (χ4n) is 2.01. The van der Waals surface area contributed by atoms with Gasteiger partial charge in [-0.2, -0.15) is 5.26 Å². The molecule has 0 aliphatic rings. The fraction of sp³-hybridized carbons (Fsp3) is 0.222. The molecule has 0 aliphatic carbocycles. The monoisotopic (exact) mass is 419 g/mol. The van der Waals surface area contributed by atoms with Gasteiger partial charge in [-0.15, -0.1) is 0 Å². The Bertz CT molecular complexity index is 850. The van der Waals surface area contributed by atoms with E-state index in [1.54, 1.807) is 0 Å². The summed E-state index contributed by atoms with van der Waals surface area (Å²) in [6, 6.07) is 5.52. The zero-order valence-electron chi connectivity index (χ0n) is 14.5. The van der Waals surface area contributed by atoms with Crippen molar-refractivity contribution in [2.45, 2.75) is 20.3 Å². The molecule has 0 saturated carbocycles. The van der Waals surface area contributed by atoms with Crippen LogP contribution in [0.15, 0.2) is 51.7 Å². The van der Waals surface area contributed by atoms with Crippen LogP contribution in [-0.2, 0) is 0 Å². The second-order valence-electron chi connectivity index (χ2n) is 5.17. The van der Waals surface area contributed by atoms with Crippen molar-refractivity contribution in [1.29, 1.82) is 5.26 Å². The summed E-state index contributed by atoms with van der Waals surface area (Å²) in [5, 5.41) is 8.94. The first-order valence-electron chi connectivity index (χ1n) is 7.68. The first-order valence-corrected chi connectivity index (χ1v) is 8.48. The Morgan fingerprint density at radius 3 is 2.69 bits per heavy atom. The zero-order valence-corrected chi connectivity index (χ0v) is 16.0. The van der Waals surface area contributed by atoms with Gasteiger partial charge in [0.1, 0.15) is 22.2 Å². The van der Waals surface area contributed by atoms with Crippen LogP contribution in [-0.4, -0.2) is 22.7 Å². The van der Waals surface area contributed by atoms with E-state index in [0.717, 1.165) is 6.07 Å². The van der Waals surface area contributed by atoms with Gasteiger partial charge in [-0.05, 0) is 54.1 Å². The van der Waals surface area contributed by atoms with Crippen molar-refractivity contribution >= 4 is 37.7 Å². The fourth-order valence-corrected chi connectivity index (χ4v) is 2.54. The smallest absolute Gasteiger partial charge is 0.162 e. The Labute approximate surface area is 159 Å². The number of aliphatic imine (C=N–C) groups is 2. The first kappa shape index (κ1) is 21.3. The van der Waals surface area contributed by atoms with Gasteiger partial charge in [0.2, 0.25) is 0 Å². The first-order chi connectivity index (χ1) is 12.3. The predicted molar refractivity (Wildman–Crippen MR) is 105 cm³/mol. The molecule has 0 fully saturated rings. The zero-order chi connectivity index (χ0) is 19.7. The van der Waals surface area contributed by atoms with Gasteiger partial charge in [-0.25, -0.2) is 4.39 Å². The van der Waals surface area contributed by atoms with Crippen LogP contribution in [0.3, 0.4) is 0 Å². The average Bonchev–Trinajstić information content (AvgIpc) is 2.60. The molecule has 1 rings (SSSR count). The lowest BCUT2D eigenvalue weighted by Crippen LogP contribution is -2.08. The van der Waals surface area contributed by atoms with E-state index in [0.29, 0.717) is 22.5 Å². The van der Waals surface area contributed by atoms with E-state index in [4.69, 9.17) is 16.7 Å². The lowest BCUT2D eigenvalue weighted by atomic mass is 10.1. The van der Waals surface area contributed by atoms with Crippen LogP contribution in [0.4, 0.5) is 10.1 Å². The number of Topliss-reactive ketones (excluding diaryl/α,β-unsaturated/α-hetero) is 1. The van der Waals surface area contributed by atoms with Crippen LogP contribution >= 0.6 is 15.9 Å². The summed E-state index contributed by atoms with van der Waals surface area (Å²) in [6.07, 6.45) is 2.95. The molecule has 4 N–H and O–H groups in total. The standard InChI is InChI=1S/C18H19BrFN5O/c1-3-24-18(19)12(9-21)6-15(8-14(23)10-22)25-17-5-4-13(20)7-16(17)11(2)26/h4-5,7-9H,3,6,21,23H2,1-2H3. The van der Waals surface area contributed by atoms with Crippen molar-refractivity contribution in [1.82, 2.24) is 0 Å². The van der Waals surface area contributed by atoms with E-state index in [2.05, 4.69) is 25.9 Å². The van der Waals surface area contributed by atoms with Crippen LogP contribution in [0, 0.1) is 17.1 Å². The number of benzene rings is 1. The number of hydrogen-bond donors (Lipinski definition) is 2. The molecule has 0 atom stereocenters. The van der Waals surface area contributed by atoms with Gasteiger partial charge in [-0.3, -0.25) is 14.8 Å². The second-order valence-corrected chi connectivity index (χ2v) is 5.92. The Hall–Kier alpha value is -2.79. The highest BCUT2D eigenvalue weighted by Crippen LogP contribution is 2.23. The number of rotatable bonds is 7. The number of hydrogen-bond acceptors (Lipinski definition) is 6. The summed E-state index contributed by atoms with van der Waals surface area (Å²) in [6.45, 7) is 3.74. The lowest BCUT2D eigenvalue weighted by Gasteiger charge is -2.08. The molecule has 0 bridgehead atoms. The molecule has 1 aromatic rings. The van der Waals surface area contributed by atoms with Crippen LogP contribution in [0.25, 0.3) is 0 Å². The van der Waals surface area contributed by atoms with Crippen molar-refractivity contribution in [3.05, 3.63) is 53.1 Å². The van der Waals surface area contributed by atoms with Crippen molar-refractivity contribution in [2.75, 3.05) is 6.54 Å². The molecule has 0 aliphatic heterocycles. The summed E-state index contributed by atoms with van der Waals surface area (Å²) in [5.41, 5.74) is 12.6. The van der Waals surface area contributed by atoms with Crippen molar-refractivity contribution in [2.24, 2.45) is 21.5 Å². The van der Waals surface area contributed by atoms with E-state index in [1.165, 1.54) is 31.3 Å². The number of carbonyl (C=O) groups excluding carboxylic acids is 1. The topological polar surface area (TPSA) is 118 Å². The average molecular weight is 420 g/mol. The van der Waals surface area contributed by atoms with E-state index in [-0.39, 0.29) is 29.2 Å². The molecule has 8 heteroatoms. The number of nitrogens with two attached hydrogens (primary N) is 2. The third-order valence-electron chi connectivity index (χ3n) is 3.19. The lowest BCUT2D eigenvalue weighted by molar-refractivity contribution is 0.101. The van der Waals surface area contributed by atoms with Crippen LogP contribution < -0.4 is 11.5 Å². The maximum atomic E-state index is 13.4. The molecule has 0 amide bonds. The van der Waals surface area contributed by atoms with Crippen LogP contribution in [0.2, 0.25) is 0 Å². The minimum absolute atomic E-state index is 0.0600. The third-order valence-corrected chi connectivity index (χ3v) is 3.95.